The van der Waals surface area contributed by atoms with Crippen molar-refractivity contribution in [1.82, 2.24) is 4.90 Å². The molecule has 0 aliphatic rings. The van der Waals surface area contributed by atoms with Crippen molar-refractivity contribution in [3.63, 3.8) is 0 Å². The van der Waals surface area contributed by atoms with Crippen molar-refractivity contribution in [2.75, 3.05) is 13.1 Å². The van der Waals surface area contributed by atoms with Crippen LogP contribution in [0.3, 0.4) is 0 Å². The van der Waals surface area contributed by atoms with E-state index in [0.717, 1.165) is 32.4 Å². The van der Waals surface area contributed by atoms with E-state index in [1.54, 1.807) is 6.92 Å². The van der Waals surface area contributed by atoms with Gasteiger partial charge < -0.3 is 4.90 Å². The van der Waals surface area contributed by atoms with Gasteiger partial charge in [0, 0.05) is 20.0 Å². The topological polar surface area (TPSA) is 20.3 Å². The molecule has 0 aliphatic heterocycles. The third kappa shape index (κ3) is 7.98. The first-order valence-electron chi connectivity index (χ1n) is 5.77. The van der Waals surface area contributed by atoms with Gasteiger partial charge in [-0.1, -0.05) is 31.2 Å². The molecule has 0 bridgehead atoms. The summed E-state index contributed by atoms with van der Waals surface area (Å²) < 4.78 is 0. The van der Waals surface area contributed by atoms with Crippen LogP contribution in [0.15, 0.2) is 24.3 Å². The van der Waals surface area contributed by atoms with Gasteiger partial charge >= 0.3 is 0 Å². The van der Waals surface area contributed by atoms with Gasteiger partial charge in [-0.15, -0.1) is 0 Å². The minimum absolute atomic E-state index is 0.146. The molecule has 0 aromatic rings. The fourth-order valence-electron chi connectivity index (χ4n) is 1.28. The Kier molecular flexibility index (Phi) is 8.84. The van der Waals surface area contributed by atoms with Crippen molar-refractivity contribution in [3.8, 4) is 0 Å². The molecule has 0 fully saturated rings. The molecule has 2 nitrogen and oxygen atoms in total. The molecule has 0 aliphatic carbocycles. The zero-order chi connectivity index (χ0) is 11.5. The molecule has 0 rings (SSSR count). The SMILES string of the molecule is CC/C=C\CC/C=C\CN(CC)C(C)=O. The Morgan fingerprint density at radius 3 is 2.13 bits per heavy atom. The van der Waals surface area contributed by atoms with E-state index in [4.69, 9.17) is 0 Å². The summed E-state index contributed by atoms with van der Waals surface area (Å²) in [6.45, 7) is 7.28. The largest absolute Gasteiger partial charge is 0.340 e. The third-order valence-electron chi connectivity index (χ3n) is 2.22. The second-order valence-electron chi connectivity index (χ2n) is 3.49. The van der Waals surface area contributed by atoms with Gasteiger partial charge in [-0.3, -0.25) is 4.79 Å². The van der Waals surface area contributed by atoms with Gasteiger partial charge in [-0.2, -0.15) is 0 Å². The van der Waals surface area contributed by atoms with E-state index >= 15 is 0 Å². The van der Waals surface area contributed by atoms with Crippen LogP contribution in [0.4, 0.5) is 0 Å². The molecule has 0 heterocycles. The molecule has 0 atom stereocenters. The quantitative estimate of drug-likeness (QED) is 0.466. The summed E-state index contributed by atoms with van der Waals surface area (Å²) in [4.78, 5) is 12.9. The van der Waals surface area contributed by atoms with E-state index in [0.29, 0.717) is 0 Å². The minimum atomic E-state index is 0.146. The highest BCUT2D eigenvalue weighted by molar-refractivity contribution is 5.73. The molecule has 0 aromatic heterocycles. The fourth-order valence-corrected chi connectivity index (χ4v) is 1.28. The first-order chi connectivity index (χ1) is 7.22. The molecule has 0 radical (unpaired) electrons. The van der Waals surface area contributed by atoms with Crippen LogP contribution < -0.4 is 0 Å². The van der Waals surface area contributed by atoms with E-state index in [2.05, 4.69) is 31.2 Å². The number of hydrogen-bond donors (Lipinski definition) is 0. The summed E-state index contributed by atoms with van der Waals surface area (Å²) in [6.07, 6.45) is 11.9. The number of unbranched alkanes of at least 4 members (excludes halogenated alkanes) is 1. The first kappa shape index (κ1) is 13.9. The van der Waals surface area contributed by atoms with E-state index in [1.807, 2.05) is 11.8 Å². The molecule has 0 unspecified atom stereocenters. The van der Waals surface area contributed by atoms with Crippen LogP contribution in [-0.4, -0.2) is 23.9 Å². The van der Waals surface area contributed by atoms with Crippen molar-refractivity contribution in [2.45, 2.75) is 40.0 Å². The fraction of sp³-hybridized carbons (Fsp3) is 0.615. The van der Waals surface area contributed by atoms with Crippen LogP contribution >= 0.6 is 0 Å². The van der Waals surface area contributed by atoms with Gasteiger partial charge in [0.15, 0.2) is 0 Å². The van der Waals surface area contributed by atoms with Crippen molar-refractivity contribution < 1.29 is 4.79 Å². The van der Waals surface area contributed by atoms with Crippen molar-refractivity contribution in [2.24, 2.45) is 0 Å². The number of likely N-dealkylation sites (N-methyl/N-ethyl adjacent to an activating group) is 1. The van der Waals surface area contributed by atoms with Crippen LogP contribution in [0.25, 0.3) is 0 Å². The molecule has 86 valence electrons. The monoisotopic (exact) mass is 209 g/mol. The summed E-state index contributed by atoms with van der Waals surface area (Å²) in [7, 11) is 0. The number of amides is 1. The second kappa shape index (κ2) is 9.50. The Hall–Kier alpha value is -1.05. The van der Waals surface area contributed by atoms with Crippen molar-refractivity contribution in [1.29, 1.82) is 0 Å². The lowest BCUT2D eigenvalue weighted by molar-refractivity contribution is -0.128. The molecule has 0 N–H and O–H groups in total. The number of allylic oxidation sites excluding steroid dienone is 3. The molecule has 0 spiro atoms. The second-order valence-corrected chi connectivity index (χ2v) is 3.49. The predicted molar refractivity (Wildman–Crippen MR) is 65.7 cm³/mol. The summed E-state index contributed by atoms with van der Waals surface area (Å²) in [5.41, 5.74) is 0. The Morgan fingerprint density at radius 1 is 1.07 bits per heavy atom. The summed E-state index contributed by atoms with van der Waals surface area (Å²) in [5, 5.41) is 0. The normalized spacial score (nSPS) is 11.4. The van der Waals surface area contributed by atoms with Gasteiger partial charge in [0.05, 0.1) is 0 Å². The molecule has 15 heavy (non-hydrogen) atoms. The van der Waals surface area contributed by atoms with Crippen molar-refractivity contribution >= 4 is 5.91 Å². The highest BCUT2D eigenvalue weighted by Gasteiger charge is 2.01. The summed E-state index contributed by atoms with van der Waals surface area (Å²) >= 11 is 0. The van der Waals surface area contributed by atoms with Crippen LogP contribution in [0.5, 0.6) is 0 Å². The highest BCUT2D eigenvalue weighted by atomic mass is 16.2. The predicted octanol–water partition coefficient (Wildman–Crippen LogP) is 3.16. The zero-order valence-corrected chi connectivity index (χ0v) is 10.2. The molecule has 0 saturated carbocycles. The smallest absolute Gasteiger partial charge is 0.219 e. The Labute approximate surface area is 93.7 Å². The Balaban J connectivity index is 3.60. The van der Waals surface area contributed by atoms with E-state index in [1.165, 1.54) is 0 Å². The van der Waals surface area contributed by atoms with Gasteiger partial charge in [0.2, 0.25) is 5.91 Å². The number of hydrogen-bond acceptors (Lipinski definition) is 1. The van der Waals surface area contributed by atoms with Crippen LogP contribution in [0, 0.1) is 0 Å². The maximum atomic E-state index is 11.1. The van der Waals surface area contributed by atoms with Crippen molar-refractivity contribution in [3.05, 3.63) is 24.3 Å². The molecule has 2 heteroatoms. The number of carbonyl (C=O) groups is 1. The minimum Gasteiger partial charge on any atom is -0.340 e. The van der Waals surface area contributed by atoms with Crippen LogP contribution in [0.2, 0.25) is 0 Å². The van der Waals surface area contributed by atoms with E-state index in [-0.39, 0.29) is 5.91 Å². The van der Waals surface area contributed by atoms with E-state index < -0.39 is 0 Å². The number of nitrogens with zero attached hydrogens (tertiary/aromatic N) is 1. The molecular weight excluding hydrogens is 186 g/mol. The zero-order valence-electron chi connectivity index (χ0n) is 10.2. The summed E-state index contributed by atoms with van der Waals surface area (Å²) in [5.74, 6) is 0.146. The average Bonchev–Trinajstić information content (AvgIpc) is 2.21. The first-order valence-corrected chi connectivity index (χ1v) is 5.77. The lowest BCUT2D eigenvalue weighted by Gasteiger charge is -2.15. The Bertz CT molecular complexity index is 219. The van der Waals surface area contributed by atoms with Gasteiger partial charge in [0.25, 0.3) is 0 Å². The average molecular weight is 209 g/mol. The van der Waals surface area contributed by atoms with Gasteiger partial charge in [0.1, 0.15) is 0 Å². The van der Waals surface area contributed by atoms with Crippen LogP contribution in [0.1, 0.15) is 40.0 Å². The standard InChI is InChI=1S/C13H23NO/c1-4-6-7-8-9-10-11-12-14(5-2)13(3)15/h6-7,10-11H,4-5,8-9,12H2,1-3H3/b7-6-,11-10-. The highest BCUT2D eigenvalue weighted by Crippen LogP contribution is 1.95. The Morgan fingerprint density at radius 2 is 1.67 bits per heavy atom. The van der Waals surface area contributed by atoms with E-state index in [9.17, 15) is 4.79 Å². The third-order valence-corrected chi connectivity index (χ3v) is 2.22. The lowest BCUT2D eigenvalue weighted by atomic mass is 10.2. The lowest BCUT2D eigenvalue weighted by Crippen LogP contribution is -2.28. The van der Waals surface area contributed by atoms with Gasteiger partial charge in [-0.05, 0) is 26.2 Å². The maximum absolute atomic E-state index is 11.1. The molecule has 0 aromatic carbocycles. The molecule has 1 amide bonds. The molecular formula is C13H23NO. The maximum Gasteiger partial charge on any atom is 0.219 e. The number of carbonyl (C=O) groups excluding carboxylic acids is 1. The van der Waals surface area contributed by atoms with Crippen LogP contribution in [-0.2, 0) is 4.79 Å². The molecule has 0 saturated heterocycles. The summed E-state index contributed by atoms with van der Waals surface area (Å²) in [6, 6.07) is 0. The van der Waals surface area contributed by atoms with Gasteiger partial charge in [-0.25, -0.2) is 0 Å². The number of rotatable bonds is 7.